The van der Waals surface area contributed by atoms with Gasteiger partial charge in [-0.05, 0) is 38.3 Å². The van der Waals surface area contributed by atoms with Gasteiger partial charge in [0.05, 0.1) is 0 Å². The third-order valence-corrected chi connectivity index (χ3v) is 21.5. The molecule has 0 aromatic rings. The predicted molar refractivity (Wildman–Crippen MR) is 101 cm³/mol. The second-order valence-electron chi connectivity index (χ2n) is 6.62. The summed E-state index contributed by atoms with van der Waals surface area (Å²) in [7, 11) is -9.71. The normalized spacial score (nSPS) is 43.2. The van der Waals surface area contributed by atoms with E-state index in [1.807, 2.05) is 11.4 Å². The van der Waals surface area contributed by atoms with Crippen molar-refractivity contribution in [1.82, 2.24) is 0 Å². The lowest BCUT2D eigenvalue weighted by Crippen LogP contribution is -2.66. The van der Waals surface area contributed by atoms with Crippen LogP contribution in [0.3, 0.4) is 0 Å². The molecule has 1 aliphatic heterocycles. The zero-order valence-electron chi connectivity index (χ0n) is 15.0. The monoisotopic (exact) mass is 376 g/mol. The summed E-state index contributed by atoms with van der Waals surface area (Å²) in [4.78, 5) is 0. The van der Waals surface area contributed by atoms with Crippen LogP contribution < -0.4 is 0 Å². The maximum absolute atomic E-state index is 6.55. The standard InChI is InChI=1S/C14H32O4Si4/c1-9-13-21(7)15-19(5,11-3)17-22(8,14-10-2)18-20(6,12-4)16-21/h11-12H,3-4,9-10,13-14H2,1-2,5-8H3. The van der Waals surface area contributed by atoms with Gasteiger partial charge in [-0.3, -0.25) is 0 Å². The lowest BCUT2D eigenvalue weighted by Gasteiger charge is -2.48. The van der Waals surface area contributed by atoms with Gasteiger partial charge in [0.25, 0.3) is 0 Å². The molecule has 0 unspecified atom stereocenters. The Morgan fingerprint density at radius 3 is 1.14 bits per heavy atom. The molecule has 0 aromatic carbocycles. The van der Waals surface area contributed by atoms with Crippen molar-refractivity contribution in [2.24, 2.45) is 0 Å². The molecule has 0 spiro atoms. The van der Waals surface area contributed by atoms with Crippen LogP contribution >= 0.6 is 0 Å². The van der Waals surface area contributed by atoms with E-state index in [1.54, 1.807) is 0 Å². The molecule has 0 N–H and O–H groups in total. The van der Waals surface area contributed by atoms with Crippen molar-refractivity contribution in [2.75, 3.05) is 0 Å². The molecule has 22 heavy (non-hydrogen) atoms. The van der Waals surface area contributed by atoms with Crippen LogP contribution in [0.25, 0.3) is 0 Å². The van der Waals surface area contributed by atoms with Crippen LogP contribution in [-0.4, -0.2) is 34.2 Å². The van der Waals surface area contributed by atoms with Crippen LogP contribution in [0.15, 0.2) is 24.6 Å². The molecule has 1 aliphatic rings. The molecule has 0 bridgehead atoms. The molecule has 1 heterocycles. The first kappa shape index (κ1) is 20.2. The lowest BCUT2D eigenvalue weighted by molar-refractivity contribution is 0.236. The molecule has 0 atom stereocenters. The maximum atomic E-state index is 6.55. The van der Waals surface area contributed by atoms with Crippen LogP contribution in [0, 0.1) is 0 Å². The van der Waals surface area contributed by atoms with Gasteiger partial charge in [0.15, 0.2) is 0 Å². The van der Waals surface area contributed by atoms with E-state index in [1.165, 1.54) is 0 Å². The fourth-order valence-corrected chi connectivity index (χ4v) is 23.7. The van der Waals surface area contributed by atoms with Crippen LogP contribution in [0.1, 0.15) is 26.7 Å². The molecule has 1 fully saturated rings. The van der Waals surface area contributed by atoms with Gasteiger partial charge in [0.1, 0.15) is 0 Å². The van der Waals surface area contributed by atoms with E-state index in [-0.39, 0.29) is 0 Å². The second kappa shape index (κ2) is 7.39. The minimum absolute atomic E-state index is 0.929. The summed E-state index contributed by atoms with van der Waals surface area (Å²) >= 11 is 0. The van der Waals surface area contributed by atoms with Crippen molar-refractivity contribution in [2.45, 2.75) is 65.0 Å². The highest BCUT2D eigenvalue weighted by molar-refractivity contribution is 6.96. The fraction of sp³-hybridized carbons (Fsp3) is 0.714. The first-order chi connectivity index (χ1) is 10.1. The quantitative estimate of drug-likeness (QED) is 0.634. The van der Waals surface area contributed by atoms with E-state index >= 15 is 0 Å². The molecule has 0 amide bonds. The van der Waals surface area contributed by atoms with Crippen molar-refractivity contribution >= 4 is 34.2 Å². The Hall–Kier alpha value is 0.188. The summed E-state index contributed by atoms with van der Waals surface area (Å²) < 4.78 is 26.2. The fourth-order valence-electron chi connectivity index (χ4n) is 3.08. The Bertz CT molecular complexity index is 366. The van der Waals surface area contributed by atoms with Gasteiger partial charge in [-0.2, -0.15) is 0 Å². The van der Waals surface area contributed by atoms with E-state index in [0.29, 0.717) is 0 Å². The summed E-state index contributed by atoms with van der Waals surface area (Å²) in [6.45, 7) is 20.6. The molecular formula is C14H32O4Si4. The molecule has 128 valence electrons. The molecule has 8 heteroatoms. The third kappa shape index (κ3) is 5.10. The largest absolute Gasteiger partial charge is 0.413 e. The van der Waals surface area contributed by atoms with E-state index < -0.39 is 34.2 Å². The highest BCUT2D eigenvalue weighted by Crippen LogP contribution is 2.35. The van der Waals surface area contributed by atoms with E-state index in [0.717, 1.165) is 24.9 Å². The number of hydrogen-bond acceptors (Lipinski definition) is 4. The SMILES string of the molecule is C=C[Si]1(C)O[Si](C)(CCC)O[Si](C)(C=C)O[Si](C)(CCC)O1. The van der Waals surface area contributed by atoms with Crippen LogP contribution in [0.2, 0.25) is 38.3 Å². The Kier molecular flexibility index (Phi) is 6.79. The van der Waals surface area contributed by atoms with Crippen molar-refractivity contribution in [3.63, 3.8) is 0 Å². The van der Waals surface area contributed by atoms with Gasteiger partial charge in [0, 0.05) is 0 Å². The molecule has 0 aliphatic carbocycles. The van der Waals surface area contributed by atoms with Crippen molar-refractivity contribution in [1.29, 1.82) is 0 Å². The van der Waals surface area contributed by atoms with Gasteiger partial charge in [-0.25, -0.2) is 0 Å². The summed E-state index contributed by atoms with van der Waals surface area (Å²) in [5.41, 5.74) is 3.75. The number of hydrogen-bond donors (Lipinski definition) is 0. The van der Waals surface area contributed by atoms with Crippen LogP contribution in [0.5, 0.6) is 0 Å². The lowest BCUT2D eigenvalue weighted by atomic mass is 10.6. The first-order valence-electron chi connectivity index (χ1n) is 8.15. The first-order valence-corrected chi connectivity index (χ1v) is 18.0. The van der Waals surface area contributed by atoms with Gasteiger partial charge < -0.3 is 16.5 Å². The molecule has 4 nitrogen and oxygen atoms in total. The summed E-state index contributed by atoms with van der Waals surface area (Å²) in [5, 5.41) is 0. The topological polar surface area (TPSA) is 36.9 Å². The van der Waals surface area contributed by atoms with Crippen molar-refractivity contribution in [3.05, 3.63) is 24.6 Å². The Labute approximate surface area is 140 Å². The summed E-state index contributed by atoms with van der Waals surface area (Å²) in [5.74, 6) is 0. The van der Waals surface area contributed by atoms with Gasteiger partial charge in [-0.15, -0.1) is 13.2 Å². The summed E-state index contributed by atoms with van der Waals surface area (Å²) in [6.07, 6.45) is 2.05. The Morgan fingerprint density at radius 1 is 0.682 bits per heavy atom. The zero-order valence-corrected chi connectivity index (χ0v) is 19.0. The smallest absolute Gasteiger partial charge is 0.343 e. The average molecular weight is 377 g/mol. The van der Waals surface area contributed by atoms with Crippen LogP contribution in [0.4, 0.5) is 0 Å². The molecule has 0 radical (unpaired) electrons. The maximum Gasteiger partial charge on any atom is 0.343 e. The molecule has 1 rings (SSSR count). The number of rotatable bonds is 6. The Balaban J connectivity index is 3.25. The van der Waals surface area contributed by atoms with Gasteiger partial charge in [-0.1, -0.05) is 38.1 Å². The van der Waals surface area contributed by atoms with E-state index in [4.69, 9.17) is 16.5 Å². The predicted octanol–water partition coefficient (Wildman–Crippen LogP) is 4.62. The molecule has 0 saturated carbocycles. The summed E-state index contributed by atoms with van der Waals surface area (Å²) in [6, 6.07) is 1.86. The van der Waals surface area contributed by atoms with Gasteiger partial charge >= 0.3 is 34.2 Å². The zero-order chi connectivity index (χ0) is 17.1. The second-order valence-corrected chi connectivity index (χ2v) is 20.3. The van der Waals surface area contributed by atoms with Crippen molar-refractivity contribution in [3.8, 4) is 0 Å². The minimum Gasteiger partial charge on any atom is -0.413 e. The van der Waals surface area contributed by atoms with Crippen molar-refractivity contribution < 1.29 is 16.5 Å². The Morgan fingerprint density at radius 2 is 0.955 bits per heavy atom. The highest BCUT2D eigenvalue weighted by Gasteiger charge is 2.54. The van der Waals surface area contributed by atoms with E-state index in [2.05, 4.69) is 53.2 Å². The molecule has 1 saturated heterocycles. The average Bonchev–Trinajstić information content (AvgIpc) is 2.36. The molecule has 0 aromatic heterocycles. The van der Waals surface area contributed by atoms with Gasteiger partial charge in [0.2, 0.25) is 0 Å². The van der Waals surface area contributed by atoms with Crippen LogP contribution in [-0.2, 0) is 16.5 Å². The molecular weight excluding hydrogens is 344 g/mol. The highest BCUT2D eigenvalue weighted by atomic mass is 28.5. The minimum atomic E-state index is -2.49. The van der Waals surface area contributed by atoms with E-state index in [9.17, 15) is 0 Å². The third-order valence-electron chi connectivity index (χ3n) is 3.82.